The monoisotopic (exact) mass is 418 g/mol. The molecule has 1 aliphatic rings. The van der Waals surface area contributed by atoms with E-state index in [1.54, 1.807) is 10.6 Å². The van der Waals surface area contributed by atoms with Gasteiger partial charge in [0.25, 0.3) is 0 Å². The molecule has 1 N–H and O–H groups in total. The van der Waals surface area contributed by atoms with Crippen molar-refractivity contribution in [3.8, 4) is 0 Å². The summed E-state index contributed by atoms with van der Waals surface area (Å²) >= 11 is 0. The van der Waals surface area contributed by atoms with Gasteiger partial charge in [-0.15, -0.1) is 0 Å². The van der Waals surface area contributed by atoms with Gasteiger partial charge in [-0.2, -0.15) is 13.2 Å². The lowest BCUT2D eigenvalue weighted by atomic mass is 10.1. The highest BCUT2D eigenvalue weighted by molar-refractivity contribution is 5.74. The third kappa shape index (κ3) is 4.53. The first-order valence-electron chi connectivity index (χ1n) is 10.2. The average molecular weight is 418 g/mol. The lowest BCUT2D eigenvalue weighted by molar-refractivity contribution is -0.137. The highest BCUT2D eigenvalue weighted by Crippen LogP contribution is 2.31. The second kappa shape index (κ2) is 8.55. The summed E-state index contributed by atoms with van der Waals surface area (Å²) in [5.41, 5.74) is 1.73. The molecule has 0 amide bonds. The Morgan fingerprint density at radius 2 is 1.63 bits per heavy atom. The highest BCUT2D eigenvalue weighted by Gasteiger charge is 2.31. The summed E-state index contributed by atoms with van der Waals surface area (Å²) in [5, 5.41) is 0. The maximum atomic E-state index is 12.9. The van der Waals surface area contributed by atoms with Crippen molar-refractivity contribution in [2.24, 2.45) is 0 Å². The van der Waals surface area contributed by atoms with Gasteiger partial charge in [-0.1, -0.05) is 18.2 Å². The number of piperazine rings is 1. The molecule has 1 fully saturated rings. The molecule has 3 aromatic rings. The minimum absolute atomic E-state index is 0.0779. The number of imidazole rings is 1. The van der Waals surface area contributed by atoms with Crippen molar-refractivity contribution in [2.75, 3.05) is 37.6 Å². The van der Waals surface area contributed by atoms with E-state index in [1.807, 2.05) is 29.2 Å². The lowest BCUT2D eigenvalue weighted by Gasteiger charge is -2.36. The van der Waals surface area contributed by atoms with E-state index < -0.39 is 11.7 Å². The van der Waals surface area contributed by atoms with Crippen molar-refractivity contribution in [2.45, 2.75) is 25.6 Å². The number of halogens is 3. The lowest BCUT2D eigenvalue weighted by Crippen LogP contribution is -2.46. The van der Waals surface area contributed by atoms with E-state index in [0.717, 1.165) is 49.6 Å². The van der Waals surface area contributed by atoms with E-state index in [0.29, 0.717) is 25.3 Å². The molecular weight excluding hydrogens is 393 g/mol. The molecule has 0 saturated carbocycles. The molecule has 30 heavy (non-hydrogen) atoms. The number of hydrogen-bond donors (Lipinski definition) is 1. The Kier molecular flexibility index (Phi) is 5.85. The van der Waals surface area contributed by atoms with Crippen LogP contribution in [0.4, 0.5) is 18.9 Å². The summed E-state index contributed by atoms with van der Waals surface area (Å²) in [6.45, 7) is 4.67. The summed E-state index contributed by atoms with van der Waals surface area (Å²) in [6.07, 6.45) is -2.45. The van der Waals surface area contributed by atoms with Crippen molar-refractivity contribution >= 4 is 16.7 Å². The molecule has 8 heteroatoms. The number of nitrogens with zero attached hydrogens (tertiary/aromatic N) is 3. The van der Waals surface area contributed by atoms with E-state index in [2.05, 4.69) is 9.88 Å². The molecule has 2 aromatic carbocycles. The SMILES string of the molecule is O=c1[nH]c2ccccc2n1CCCCN1CCN(c2cccc(C(F)(F)F)c2)CC1. The van der Waals surface area contributed by atoms with Gasteiger partial charge in [-0.3, -0.25) is 9.47 Å². The third-order valence-electron chi connectivity index (χ3n) is 5.70. The molecule has 0 radical (unpaired) electrons. The number of para-hydroxylation sites is 2. The molecule has 0 unspecified atom stereocenters. The molecule has 0 spiro atoms. The molecule has 4 rings (SSSR count). The Hall–Kier alpha value is -2.74. The molecule has 1 aliphatic heterocycles. The first-order valence-corrected chi connectivity index (χ1v) is 10.2. The van der Waals surface area contributed by atoms with Gasteiger partial charge in [-0.25, -0.2) is 4.79 Å². The van der Waals surface area contributed by atoms with Gasteiger partial charge in [0.15, 0.2) is 0 Å². The van der Waals surface area contributed by atoms with Crippen LogP contribution in [0.2, 0.25) is 0 Å². The summed E-state index contributed by atoms with van der Waals surface area (Å²) in [6, 6.07) is 13.2. The van der Waals surface area contributed by atoms with Crippen LogP contribution in [0.5, 0.6) is 0 Å². The van der Waals surface area contributed by atoms with Crippen LogP contribution in [0.3, 0.4) is 0 Å². The van der Waals surface area contributed by atoms with Crippen LogP contribution < -0.4 is 10.6 Å². The van der Waals surface area contributed by atoms with Crippen molar-refractivity contribution in [1.82, 2.24) is 14.5 Å². The Morgan fingerprint density at radius 1 is 0.900 bits per heavy atom. The minimum atomic E-state index is -4.31. The first-order chi connectivity index (χ1) is 14.4. The number of aryl methyl sites for hydroxylation is 1. The van der Waals surface area contributed by atoms with Gasteiger partial charge in [0.2, 0.25) is 0 Å². The van der Waals surface area contributed by atoms with Crippen LogP contribution in [0, 0.1) is 0 Å². The number of benzene rings is 2. The Bertz CT molecular complexity index is 1050. The smallest absolute Gasteiger partial charge is 0.369 e. The number of aromatic amines is 1. The fourth-order valence-electron chi connectivity index (χ4n) is 4.04. The summed E-state index contributed by atoms with van der Waals surface area (Å²) < 4.78 is 40.6. The van der Waals surface area contributed by atoms with Gasteiger partial charge in [-0.05, 0) is 49.7 Å². The zero-order valence-electron chi connectivity index (χ0n) is 16.7. The van der Waals surface area contributed by atoms with Gasteiger partial charge < -0.3 is 9.88 Å². The zero-order valence-corrected chi connectivity index (χ0v) is 16.7. The van der Waals surface area contributed by atoms with Gasteiger partial charge in [0.1, 0.15) is 0 Å². The predicted octanol–water partition coefficient (Wildman–Crippen LogP) is 3.95. The number of unbranched alkanes of at least 4 members (excludes halogenated alkanes) is 1. The van der Waals surface area contributed by atoms with Crippen molar-refractivity contribution in [1.29, 1.82) is 0 Å². The minimum Gasteiger partial charge on any atom is -0.369 e. The number of anilines is 1. The summed E-state index contributed by atoms with van der Waals surface area (Å²) in [7, 11) is 0. The van der Waals surface area contributed by atoms with Crippen LogP contribution in [-0.4, -0.2) is 47.2 Å². The number of hydrogen-bond acceptors (Lipinski definition) is 3. The fraction of sp³-hybridized carbons (Fsp3) is 0.409. The van der Waals surface area contributed by atoms with E-state index >= 15 is 0 Å². The largest absolute Gasteiger partial charge is 0.416 e. The van der Waals surface area contributed by atoms with Crippen LogP contribution >= 0.6 is 0 Å². The van der Waals surface area contributed by atoms with E-state index in [1.165, 1.54) is 12.1 Å². The number of rotatable bonds is 6. The number of aromatic nitrogens is 2. The molecular formula is C22H25F3N4O. The van der Waals surface area contributed by atoms with Crippen molar-refractivity contribution in [3.05, 3.63) is 64.6 Å². The highest BCUT2D eigenvalue weighted by atomic mass is 19.4. The second-order valence-electron chi connectivity index (χ2n) is 7.68. The van der Waals surface area contributed by atoms with Crippen LogP contribution in [0.25, 0.3) is 11.0 Å². The molecule has 2 heterocycles. The van der Waals surface area contributed by atoms with E-state index in [9.17, 15) is 18.0 Å². The number of H-pyrrole nitrogens is 1. The normalized spacial score (nSPS) is 15.8. The number of alkyl halides is 3. The van der Waals surface area contributed by atoms with Crippen LogP contribution in [0.1, 0.15) is 18.4 Å². The van der Waals surface area contributed by atoms with Crippen molar-refractivity contribution in [3.63, 3.8) is 0 Å². The Balaban J connectivity index is 1.25. The molecule has 0 atom stereocenters. The molecule has 1 saturated heterocycles. The summed E-state index contributed by atoms with van der Waals surface area (Å²) in [5.74, 6) is 0. The predicted molar refractivity (Wildman–Crippen MR) is 112 cm³/mol. The van der Waals surface area contributed by atoms with Gasteiger partial charge >= 0.3 is 11.9 Å². The van der Waals surface area contributed by atoms with Crippen molar-refractivity contribution < 1.29 is 13.2 Å². The molecule has 0 bridgehead atoms. The molecule has 0 aliphatic carbocycles. The molecule has 160 valence electrons. The topological polar surface area (TPSA) is 44.3 Å². The summed E-state index contributed by atoms with van der Waals surface area (Å²) in [4.78, 5) is 19.3. The van der Waals surface area contributed by atoms with E-state index in [-0.39, 0.29) is 5.69 Å². The number of nitrogens with one attached hydrogen (secondary N) is 1. The maximum Gasteiger partial charge on any atom is 0.416 e. The first kappa shape index (κ1) is 20.5. The maximum absolute atomic E-state index is 12.9. The second-order valence-corrected chi connectivity index (χ2v) is 7.68. The average Bonchev–Trinajstić information content (AvgIpc) is 3.06. The molecule has 1 aromatic heterocycles. The van der Waals surface area contributed by atoms with Crippen LogP contribution in [-0.2, 0) is 12.7 Å². The fourth-order valence-corrected chi connectivity index (χ4v) is 4.04. The quantitative estimate of drug-likeness (QED) is 0.617. The number of fused-ring (bicyclic) bond motifs is 1. The van der Waals surface area contributed by atoms with Gasteiger partial charge in [0, 0.05) is 38.4 Å². The zero-order chi connectivity index (χ0) is 21.1. The van der Waals surface area contributed by atoms with E-state index in [4.69, 9.17) is 0 Å². The third-order valence-corrected chi connectivity index (χ3v) is 5.70. The Labute approximate surface area is 172 Å². The Morgan fingerprint density at radius 3 is 2.40 bits per heavy atom. The molecule has 5 nitrogen and oxygen atoms in total. The standard InChI is InChI=1S/C22H25F3N4O/c23-22(24,25)17-6-5-7-18(16-17)28-14-12-27(13-15-28)10-3-4-11-29-20-9-2-1-8-19(20)26-21(29)30/h1-2,5-9,16H,3-4,10-15H2,(H,26,30). The van der Waals surface area contributed by atoms with Crippen LogP contribution in [0.15, 0.2) is 53.3 Å². The van der Waals surface area contributed by atoms with Gasteiger partial charge in [0.05, 0.1) is 16.6 Å².